The van der Waals surface area contributed by atoms with Gasteiger partial charge >= 0.3 is 5.97 Å². The minimum Gasteiger partial charge on any atom is -0.465 e. The van der Waals surface area contributed by atoms with Crippen molar-refractivity contribution in [2.45, 2.75) is 13.8 Å². The molecule has 5 nitrogen and oxygen atoms in total. The molecule has 1 rings (SSSR count). The smallest absolute Gasteiger partial charge is 0.325 e. The van der Waals surface area contributed by atoms with E-state index in [1.165, 1.54) is 0 Å². The van der Waals surface area contributed by atoms with E-state index >= 15 is 0 Å². The molecular weight excluding hydrogens is 220 g/mol. The van der Waals surface area contributed by atoms with Crippen LogP contribution < -0.4 is 11.1 Å². The Balaban J connectivity index is 2.61. The maximum absolute atomic E-state index is 11.7. The monoisotopic (exact) mass is 236 g/mol. The molecule has 0 bridgehead atoms. The number of anilines is 1. The van der Waals surface area contributed by atoms with E-state index in [4.69, 9.17) is 10.5 Å². The molecular formula is C12H16N2O3. The molecule has 0 aliphatic carbocycles. The third kappa shape index (κ3) is 3.79. The summed E-state index contributed by atoms with van der Waals surface area (Å²) < 4.78 is 4.70. The van der Waals surface area contributed by atoms with Gasteiger partial charge in [0, 0.05) is 11.3 Å². The van der Waals surface area contributed by atoms with E-state index in [2.05, 4.69) is 5.32 Å². The lowest BCUT2D eigenvalue weighted by atomic mass is 10.1. The van der Waals surface area contributed by atoms with Crippen LogP contribution in [0.1, 0.15) is 22.8 Å². The third-order valence-corrected chi connectivity index (χ3v) is 2.19. The van der Waals surface area contributed by atoms with Gasteiger partial charge in [-0.1, -0.05) is 0 Å². The van der Waals surface area contributed by atoms with E-state index in [-0.39, 0.29) is 12.5 Å². The minimum atomic E-state index is -0.450. The zero-order chi connectivity index (χ0) is 12.8. The highest BCUT2D eigenvalue weighted by Crippen LogP contribution is 2.11. The molecule has 0 aromatic heterocycles. The maximum atomic E-state index is 11.7. The fourth-order valence-electron chi connectivity index (χ4n) is 1.40. The Kier molecular flexibility index (Phi) is 4.51. The van der Waals surface area contributed by atoms with E-state index in [1.54, 1.807) is 32.0 Å². The Hall–Kier alpha value is -2.04. The molecule has 0 atom stereocenters. The minimum absolute atomic E-state index is 0.128. The zero-order valence-electron chi connectivity index (χ0n) is 9.95. The highest BCUT2D eigenvalue weighted by molar-refractivity contribution is 5.97. The van der Waals surface area contributed by atoms with Gasteiger partial charge in [0.15, 0.2) is 0 Å². The quantitative estimate of drug-likeness (QED) is 0.600. The molecule has 0 spiro atoms. The number of nitrogens with one attached hydrogen (secondary N) is 1. The number of carbonyl (C=O) groups is 2. The average molecular weight is 236 g/mol. The number of rotatable bonds is 4. The van der Waals surface area contributed by atoms with Gasteiger partial charge in [0.1, 0.15) is 6.54 Å². The van der Waals surface area contributed by atoms with Crippen LogP contribution in [-0.4, -0.2) is 25.0 Å². The third-order valence-electron chi connectivity index (χ3n) is 2.19. The number of aryl methyl sites for hydroxylation is 1. The highest BCUT2D eigenvalue weighted by atomic mass is 16.5. The van der Waals surface area contributed by atoms with Crippen molar-refractivity contribution in [3.63, 3.8) is 0 Å². The van der Waals surface area contributed by atoms with Gasteiger partial charge in [0.25, 0.3) is 5.91 Å². The van der Waals surface area contributed by atoms with E-state index in [9.17, 15) is 9.59 Å². The Labute approximate surface area is 99.9 Å². The molecule has 92 valence electrons. The van der Waals surface area contributed by atoms with Crippen LogP contribution in [0, 0.1) is 6.92 Å². The van der Waals surface area contributed by atoms with Crippen LogP contribution in [0.5, 0.6) is 0 Å². The van der Waals surface area contributed by atoms with Gasteiger partial charge in [-0.2, -0.15) is 0 Å². The summed E-state index contributed by atoms with van der Waals surface area (Å²) in [7, 11) is 0. The highest BCUT2D eigenvalue weighted by Gasteiger charge is 2.10. The molecule has 3 N–H and O–H groups in total. The van der Waals surface area contributed by atoms with Gasteiger partial charge in [0.2, 0.25) is 0 Å². The fourth-order valence-corrected chi connectivity index (χ4v) is 1.40. The second-order valence-electron chi connectivity index (χ2n) is 3.56. The van der Waals surface area contributed by atoms with Gasteiger partial charge in [-0.3, -0.25) is 9.59 Å². The summed E-state index contributed by atoms with van der Waals surface area (Å²) in [6.45, 7) is 3.67. The number of nitrogens with two attached hydrogens (primary N) is 1. The number of benzene rings is 1. The number of amides is 1. The Bertz CT molecular complexity index is 430. The molecule has 0 heterocycles. The van der Waals surface area contributed by atoms with E-state index in [0.717, 1.165) is 5.56 Å². The molecule has 0 aliphatic rings. The van der Waals surface area contributed by atoms with E-state index in [1.807, 2.05) is 0 Å². The normalized spacial score (nSPS) is 9.76. The largest absolute Gasteiger partial charge is 0.465 e. The second-order valence-corrected chi connectivity index (χ2v) is 3.56. The molecule has 5 heteroatoms. The van der Waals surface area contributed by atoms with Crippen LogP contribution in [-0.2, 0) is 9.53 Å². The molecule has 0 radical (unpaired) electrons. The average Bonchev–Trinajstić information content (AvgIpc) is 2.26. The fraction of sp³-hybridized carbons (Fsp3) is 0.333. The molecule has 0 aliphatic heterocycles. The van der Waals surface area contributed by atoms with Gasteiger partial charge in [-0.25, -0.2) is 0 Å². The molecule has 1 aromatic carbocycles. The number of nitrogen functional groups attached to an aromatic ring is 1. The van der Waals surface area contributed by atoms with Crippen molar-refractivity contribution in [3.05, 3.63) is 29.3 Å². The number of hydrogen-bond donors (Lipinski definition) is 2. The van der Waals surface area contributed by atoms with Crippen LogP contribution in [0.2, 0.25) is 0 Å². The van der Waals surface area contributed by atoms with Crippen molar-refractivity contribution in [2.24, 2.45) is 0 Å². The first kappa shape index (κ1) is 13.0. The molecule has 0 fully saturated rings. The van der Waals surface area contributed by atoms with E-state index < -0.39 is 5.97 Å². The summed E-state index contributed by atoms with van der Waals surface area (Å²) in [6.07, 6.45) is 0. The van der Waals surface area contributed by atoms with Crippen molar-refractivity contribution in [1.82, 2.24) is 5.32 Å². The van der Waals surface area contributed by atoms with Crippen molar-refractivity contribution >= 4 is 17.6 Å². The van der Waals surface area contributed by atoms with Crippen molar-refractivity contribution < 1.29 is 14.3 Å². The lowest BCUT2D eigenvalue weighted by Gasteiger charge is -2.07. The first-order valence-corrected chi connectivity index (χ1v) is 5.34. The standard InChI is InChI=1S/C12H16N2O3/c1-3-17-11(15)7-14-12(16)10-5-4-9(13)6-8(10)2/h4-6H,3,7,13H2,1-2H3,(H,14,16). The van der Waals surface area contributed by atoms with Crippen molar-refractivity contribution in [2.75, 3.05) is 18.9 Å². The van der Waals surface area contributed by atoms with E-state index in [0.29, 0.717) is 17.9 Å². The maximum Gasteiger partial charge on any atom is 0.325 e. The molecule has 0 saturated carbocycles. The number of carbonyl (C=O) groups excluding carboxylic acids is 2. The van der Waals surface area contributed by atoms with Gasteiger partial charge < -0.3 is 15.8 Å². The first-order valence-electron chi connectivity index (χ1n) is 5.34. The number of hydrogen-bond acceptors (Lipinski definition) is 4. The van der Waals surface area contributed by atoms with Crippen LogP contribution >= 0.6 is 0 Å². The van der Waals surface area contributed by atoms with Crippen LogP contribution in [0.4, 0.5) is 5.69 Å². The molecule has 17 heavy (non-hydrogen) atoms. The number of ether oxygens (including phenoxy) is 1. The summed E-state index contributed by atoms with van der Waals surface area (Å²) in [5, 5.41) is 2.49. The first-order chi connectivity index (χ1) is 8.04. The SMILES string of the molecule is CCOC(=O)CNC(=O)c1ccc(N)cc1C. The van der Waals surface area contributed by atoms with Gasteiger partial charge in [-0.05, 0) is 37.6 Å². The summed E-state index contributed by atoms with van der Waals surface area (Å²) >= 11 is 0. The van der Waals surface area contributed by atoms with Crippen LogP contribution in [0.15, 0.2) is 18.2 Å². The van der Waals surface area contributed by atoms with Crippen molar-refractivity contribution in [3.8, 4) is 0 Å². The Morgan fingerprint density at radius 1 is 1.41 bits per heavy atom. The molecule has 1 amide bonds. The summed E-state index contributed by atoms with van der Waals surface area (Å²) in [5.41, 5.74) is 7.46. The Morgan fingerprint density at radius 2 is 2.12 bits per heavy atom. The van der Waals surface area contributed by atoms with Crippen LogP contribution in [0.3, 0.4) is 0 Å². The summed E-state index contributed by atoms with van der Waals surface area (Å²) in [6, 6.07) is 4.98. The zero-order valence-corrected chi connectivity index (χ0v) is 9.95. The topological polar surface area (TPSA) is 81.4 Å². The molecule has 0 unspecified atom stereocenters. The lowest BCUT2D eigenvalue weighted by Crippen LogP contribution is -2.31. The number of esters is 1. The molecule has 0 saturated heterocycles. The Morgan fingerprint density at radius 3 is 2.71 bits per heavy atom. The summed E-state index contributed by atoms with van der Waals surface area (Å²) in [5.74, 6) is -0.760. The van der Waals surface area contributed by atoms with Crippen LogP contribution in [0.25, 0.3) is 0 Å². The second kappa shape index (κ2) is 5.89. The van der Waals surface area contributed by atoms with Crippen molar-refractivity contribution in [1.29, 1.82) is 0 Å². The van der Waals surface area contributed by atoms with Gasteiger partial charge in [-0.15, -0.1) is 0 Å². The summed E-state index contributed by atoms with van der Waals surface area (Å²) in [4.78, 5) is 22.8. The predicted octanol–water partition coefficient (Wildman–Crippen LogP) is 0.870. The lowest BCUT2D eigenvalue weighted by molar-refractivity contribution is -0.141. The predicted molar refractivity (Wildman–Crippen MR) is 64.6 cm³/mol. The van der Waals surface area contributed by atoms with Gasteiger partial charge in [0.05, 0.1) is 6.61 Å². The molecule has 1 aromatic rings.